The summed E-state index contributed by atoms with van der Waals surface area (Å²) in [7, 11) is -3.70. The van der Waals surface area contributed by atoms with E-state index in [9.17, 15) is 13.2 Å². The van der Waals surface area contributed by atoms with E-state index in [4.69, 9.17) is 0 Å². The number of carbonyl (C=O) groups is 1. The minimum atomic E-state index is -3.70. The molecule has 1 aromatic heterocycles. The van der Waals surface area contributed by atoms with Crippen LogP contribution >= 0.6 is 11.3 Å². The van der Waals surface area contributed by atoms with Crippen LogP contribution in [-0.2, 0) is 29.4 Å². The van der Waals surface area contributed by atoms with Gasteiger partial charge in [0.15, 0.2) is 5.13 Å². The molecule has 2 aliphatic heterocycles. The summed E-state index contributed by atoms with van der Waals surface area (Å²) in [5, 5.41) is 3.47. The Morgan fingerprint density at radius 3 is 2.59 bits per heavy atom. The molecule has 0 saturated heterocycles. The summed E-state index contributed by atoms with van der Waals surface area (Å²) in [5.74, 6) is -0.293. The maximum Gasteiger partial charge on any atom is 0.264 e. The first-order chi connectivity index (χ1) is 16.3. The van der Waals surface area contributed by atoms with E-state index in [0.717, 1.165) is 49.3 Å². The molecule has 3 heterocycles. The topological polar surface area (TPSA) is 82.6 Å². The Bertz CT molecular complexity index is 1320. The van der Waals surface area contributed by atoms with Gasteiger partial charge in [-0.05, 0) is 62.6 Å². The highest BCUT2D eigenvalue weighted by Crippen LogP contribution is 2.32. The van der Waals surface area contributed by atoms with Crippen molar-refractivity contribution in [3.8, 4) is 0 Å². The van der Waals surface area contributed by atoms with Crippen LogP contribution in [0.2, 0.25) is 0 Å². The molecule has 1 N–H and O–H groups in total. The van der Waals surface area contributed by atoms with Gasteiger partial charge in [-0.2, -0.15) is 0 Å². The zero-order valence-electron chi connectivity index (χ0n) is 19.3. The number of aromatic nitrogens is 1. The third-order valence-corrected chi connectivity index (χ3v) is 9.31. The van der Waals surface area contributed by atoms with Crippen LogP contribution in [-0.4, -0.2) is 43.3 Å². The average molecular weight is 497 g/mol. The molecule has 7 nitrogen and oxygen atoms in total. The van der Waals surface area contributed by atoms with Crippen molar-refractivity contribution in [3.63, 3.8) is 0 Å². The number of sulfonamides is 1. The number of thiazole rings is 1. The number of amides is 1. The Morgan fingerprint density at radius 2 is 1.82 bits per heavy atom. The number of rotatable bonds is 5. The van der Waals surface area contributed by atoms with E-state index in [1.54, 1.807) is 12.1 Å². The number of anilines is 2. The number of para-hydroxylation sites is 1. The van der Waals surface area contributed by atoms with E-state index in [2.05, 4.69) is 29.0 Å². The molecule has 0 fully saturated rings. The minimum absolute atomic E-state index is 0.180. The lowest BCUT2D eigenvalue weighted by Crippen LogP contribution is -2.35. The van der Waals surface area contributed by atoms with Crippen molar-refractivity contribution >= 4 is 38.1 Å². The standard InChI is InChI=1S/C25H28N4O3S2/c1-17(2)28-15-13-21-23(16-28)33-25(26-21)27-24(30)19-9-11-20(12-10-19)34(31,32)29-14-5-7-18-6-3-4-8-22(18)29/h3-4,6,8-12,17H,5,7,13-16H2,1-2H3,(H,26,27,30). The van der Waals surface area contributed by atoms with Gasteiger partial charge in [-0.3, -0.25) is 19.3 Å². The van der Waals surface area contributed by atoms with Gasteiger partial charge in [0, 0.05) is 42.5 Å². The fourth-order valence-corrected chi connectivity index (χ4v) is 7.10. The molecule has 2 aliphatic rings. The molecule has 0 radical (unpaired) electrons. The number of nitrogens with zero attached hydrogens (tertiary/aromatic N) is 3. The van der Waals surface area contributed by atoms with E-state index >= 15 is 0 Å². The first-order valence-electron chi connectivity index (χ1n) is 11.6. The molecule has 178 valence electrons. The molecule has 34 heavy (non-hydrogen) atoms. The predicted octanol–water partition coefficient (Wildman–Crippen LogP) is 4.30. The molecule has 9 heteroatoms. The summed E-state index contributed by atoms with van der Waals surface area (Å²) in [6.07, 6.45) is 2.53. The Hall–Kier alpha value is -2.75. The highest BCUT2D eigenvalue weighted by atomic mass is 32.2. The van der Waals surface area contributed by atoms with Gasteiger partial charge in [-0.15, -0.1) is 11.3 Å². The molecule has 0 aliphatic carbocycles. The normalized spacial score (nSPS) is 16.3. The summed E-state index contributed by atoms with van der Waals surface area (Å²) >= 11 is 1.51. The molecule has 0 spiro atoms. The van der Waals surface area contributed by atoms with Gasteiger partial charge in [0.25, 0.3) is 15.9 Å². The summed E-state index contributed by atoms with van der Waals surface area (Å²) < 4.78 is 28.1. The molecule has 1 amide bonds. The summed E-state index contributed by atoms with van der Waals surface area (Å²) in [4.78, 5) is 21.2. The lowest BCUT2D eigenvalue weighted by molar-refractivity contribution is 0.102. The molecule has 0 saturated carbocycles. The first-order valence-corrected chi connectivity index (χ1v) is 13.8. The maximum atomic E-state index is 13.3. The van der Waals surface area contributed by atoms with Crippen molar-refractivity contribution in [1.29, 1.82) is 0 Å². The van der Waals surface area contributed by atoms with Gasteiger partial charge in [-0.1, -0.05) is 18.2 Å². The number of fused-ring (bicyclic) bond motifs is 2. The summed E-state index contributed by atoms with van der Waals surface area (Å²) in [5.41, 5.74) is 3.23. The third kappa shape index (κ3) is 4.35. The smallest absolute Gasteiger partial charge is 0.264 e. The minimum Gasteiger partial charge on any atom is -0.298 e. The van der Waals surface area contributed by atoms with Crippen molar-refractivity contribution < 1.29 is 13.2 Å². The molecule has 0 unspecified atom stereocenters. The van der Waals surface area contributed by atoms with Crippen LogP contribution in [0, 0.1) is 0 Å². The molecular weight excluding hydrogens is 468 g/mol. The van der Waals surface area contributed by atoms with Crippen LogP contribution < -0.4 is 9.62 Å². The second-order valence-corrected chi connectivity index (χ2v) is 11.9. The van der Waals surface area contributed by atoms with Crippen LogP contribution in [0.15, 0.2) is 53.4 Å². The van der Waals surface area contributed by atoms with Gasteiger partial charge in [0.05, 0.1) is 16.3 Å². The van der Waals surface area contributed by atoms with Gasteiger partial charge < -0.3 is 0 Å². The van der Waals surface area contributed by atoms with Crippen molar-refractivity contribution in [3.05, 3.63) is 70.2 Å². The fourth-order valence-electron chi connectivity index (χ4n) is 4.53. The first kappa shape index (κ1) is 23.0. The van der Waals surface area contributed by atoms with Crippen LogP contribution in [0.5, 0.6) is 0 Å². The summed E-state index contributed by atoms with van der Waals surface area (Å²) in [6, 6.07) is 14.2. The zero-order valence-corrected chi connectivity index (χ0v) is 21.0. The van der Waals surface area contributed by atoms with Gasteiger partial charge in [0.2, 0.25) is 0 Å². The fraction of sp³-hybridized carbons (Fsp3) is 0.360. The molecule has 0 atom stereocenters. The van der Waals surface area contributed by atoms with E-state index in [1.807, 2.05) is 24.3 Å². The predicted molar refractivity (Wildman–Crippen MR) is 135 cm³/mol. The van der Waals surface area contributed by atoms with Crippen molar-refractivity contribution in [2.45, 2.75) is 50.6 Å². The second-order valence-electron chi connectivity index (χ2n) is 8.99. The number of benzene rings is 2. The zero-order chi connectivity index (χ0) is 23.9. The van der Waals surface area contributed by atoms with Gasteiger partial charge >= 0.3 is 0 Å². The quantitative estimate of drug-likeness (QED) is 0.569. The van der Waals surface area contributed by atoms with Crippen molar-refractivity contribution in [1.82, 2.24) is 9.88 Å². The highest BCUT2D eigenvalue weighted by Gasteiger charge is 2.29. The largest absolute Gasteiger partial charge is 0.298 e. The SMILES string of the molecule is CC(C)N1CCc2nc(NC(=O)c3ccc(S(=O)(=O)N4CCCc5ccccc54)cc3)sc2C1. The molecule has 5 rings (SSSR count). The number of hydrogen-bond donors (Lipinski definition) is 1. The van der Waals surface area contributed by atoms with Gasteiger partial charge in [0.1, 0.15) is 0 Å². The van der Waals surface area contributed by atoms with E-state index in [-0.39, 0.29) is 10.8 Å². The Balaban J connectivity index is 1.31. The van der Waals surface area contributed by atoms with Crippen molar-refractivity contribution in [2.24, 2.45) is 0 Å². The lowest BCUT2D eigenvalue weighted by atomic mass is 10.0. The third-order valence-electron chi connectivity index (χ3n) is 6.48. The van der Waals surface area contributed by atoms with Crippen LogP contribution in [0.25, 0.3) is 0 Å². The maximum absolute atomic E-state index is 13.3. The summed E-state index contributed by atoms with van der Waals surface area (Å²) in [6.45, 7) is 6.64. The molecular formula is C25H28N4O3S2. The van der Waals surface area contributed by atoms with E-state index in [1.165, 1.54) is 32.7 Å². The van der Waals surface area contributed by atoms with Crippen LogP contribution in [0.3, 0.4) is 0 Å². The van der Waals surface area contributed by atoms with E-state index < -0.39 is 10.0 Å². The number of aryl methyl sites for hydroxylation is 1. The Morgan fingerprint density at radius 1 is 1.06 bits per heavy atom. The number of hydrogen-bond acceptors (Lipinski definition) is 6. The number of nitrogens with one attached hydrogen (secondary N) is 1. The average Bonchev–Trinajstić information content (AvgIpc) is 3.25. The second kappa shape index (κ2) is 9.13. The van der Waals surface area contributed by atoms with Crippen molar-refractivity contribution in [2.75, 3.05) is 22.7 Å². The molecule has 2 aromatic carbocycles. The Labute approximate surface area is 204 Å². The van der Waals surface area contributed by atoms with Gasteiger partial charge in [-0.25, -0.2) is 13.4 Å². The highest BCUT2D eigenvalue weighted by molar-refractivity contribution is 7.92. The lowest BCUT2D eigenvalue weighted by Gasteiger charge is -2.30. The van der Waals surface area contributed by atoms with Crippen LogP contribution in [0.1, 0.15) is 46.8 Å². The Kier molecular flexibility index (Phi) is 6.18. The van der Waals surface area contributed by atoms with Crippen LogP contribution in [0.4, 0.5) is 10.8 Å². The number of carbonyl (C=O) groups excluding carboxylic acids is 1. The van der Waals surface area contributed by atoms with E-state index in [0.29, 0.717) is 23.3 Å². The molecule has 3 aromatic rings. The monoisotopic (exact) mass is 496 g/mol. The molecule has 0 bridgehead atoms.